The maximum absolute atomic E-state index is 5.37. The largest absolute Gasteiger partial charge is 0.382 e. The summed E-state index contributed by atoms with van der Waals surface area (Å²) in [5.41, 5.74) is 5.37. The van der Waals surface area contributed by atoms with Crippen LogP contribution in [0.2, 0.25) is 0 Å². The van der Waals surface area contributed by atoms with Gasteiger partial charge >= 0.3 is 0 Å². The number of nitrogens with two attached hydrogens (primary N) is 1. The van der Waals surface area contributed by atoms with Crippen LogP contribution in [-0.4, -0.2) is 19.8 Å². The van der Waals surface area contributed by atoms with Crippen LogP contribution >= 0.6 is 0 Å². The lowest BCUT2D eigenvalue weighted by atomic mass is 10.7. The molecule has 0 unspecified atom stereocenters. The van der Waals surface area contributed by atoms with Crippen molar-refractivity contribution in [3.05, 3.63) is 30.7 Å². The van der Waals surface area contributed by atoms with Gasteiger partial charge in [0, 0.05) is 6.07 Å². The first-order chi connectivity index (χ1) is 6.34. The van der Waals surface area contributed by atoms with E-state index in [1.54, 1.807) is 30.7 Å². The first kappa shape index (κ1) is 7.47. The topological polar surface area (TPSA) is 86.4 Å². The van der Waals surface area contributed by atoms with Crippen molar-refractivity contribution in [2.45, 2.75) is 0 Å². The Bertz CT molecular complexity index is 398. The van der Waals surface area contributed by atoms with Gasteiger partial charge in [-0.3, -0.25) is 0 Å². The maximum Gasteiger partial charge on any atom is 0.147 e. The van der Waals surface area contributed by atoms with Crippen LogP contribution in [0.1, 0.15) is 0 Å². The highest BCUT2D eigenvalue weighted by molar-refractivity contribution is 5.23. The number of anilines is 1. The van der Waals surface area contributed by atoms with E-state index in [1.807, 2.05) is 0 Å². The molecule has 0 fully saturated rings. The Labute approximate surface area is 73.4 Å². The molecular weight excluding hydrogens is 170 g/mol. The SMILES string of the molecule is Nc1ccn(/N=N/n2cccn2)n1. The predicted octanol–water partition coefficient (Wildman–Crippen LogP) is 0.340. The number of hydrogen-bond acceptors (Lipinski definition) is 5. The van der Waals surface area contributed by atoms with Gasteiger partial charge in [0.25, 0.3) is 0 Å². The Kier molecular flexibility index (Phi) is 1.75. The van der Waals surface area contributed by atoms with E-state index in [0.29, 0.717) is 5.82 Å². The van der Waals surface area contributed by atoms with Crippen LogP contribution in [-0.2, 0) is 0 Å². The monoisotopic (exact) mass is 177 g/mol. The fourth-order valence-electron chi connectivity index (χ4n) is 0.773. The standard InChI is InChI=1S/C6H7N7/c7-6-2-5-13(9-6)11-10-12-4-1-3-8-12/h1-5H,(H2,7,9)/b11-10+. The molecule has 0 spiro atoms. The number of nitrogen functional groups attached to an aromatic ring is 1. The average molecular weight is 177 g/mol. The van der Waals surface area contributed by atoms with Crippen molar-refractivity contribution < 1.29 is 0 Å². The summed E-state index contributed by atoms with van der Waals surface area (Å²) in [5, 5.41) is 15.1. The summed E-state index contributed by atoms with van der Waals surface area (Å²) in [6.07, 6.45) is 4.87. The fraction of sp³-hybridized carbons (Fsp3) is 0. The van der Waals surface area contributed by atoms with E-state index in [9.17, 15) is 0 Å². The Morgan fingerprint density at radius 3 is 2.69 bits per heavy atom. The molecule has 0 aromatic carbocycles. The second kappa shape index (κ2) is 3.05. The summed E-state index contributed by atoms with van der Waals surface area (Å²) in [5.74, 6) is 0.402. The third kappa shape index (κ3) is 1.70. The molecule has 0 bridgehead atoms. The van der Waals surface area contributed by atoms with Gasteiger partial charge < -0.3 is 5.73 Å². The first-order valence-corrected chi connectivity index (χ1v) is 3.58. The van der Waals surface area contributed by atoms with Crippen LogP contribution in [0.5, 0.6) is 0 Å². The van der Waals surface area contributed by atoms with Crippen molar-refractivity contribution in [1.82, 2.24) is 19.8 Å². The van der Waals surface area contributed by atoms with Crippen LogP contribution < -0.4 is 5.73 Å². The maximum atomic E-state index is 5.37. The van der Waals surface area contributed by atoms with E-state index in [2.05, 4.69) is 20.6 Å². The quantitative estimate of drug-likeness (QED) is 0.671. The van der Waals surface area contributed by atoms with Gasteiger partial charge in [0.2, 0.25) is 0 Å². The van der Waals surface area contributed by atoms with E-state index in [4.69, 9.17) is 5.73 Å². The lowest BCUT2D eigenvalue weighted by molar-refractivity contribution is 0.590. The van der Waals surface area contributed by atoms with E-state index in [1.165, 1.54) is 9.58 Å². The van der Waals surface area contributed by atoms with Gasteiger partial charge in [-0.15, -0.1) is 14.7 Å². The molecule has 66 valence electrons. The van der Waals surface area contributed by atoms with Crippen LogP contribution in [0.25, 0.3) is 0 Å². The summed E-state index contributed by atoms with van der Waals surface area (Å²) >= 11 is 0. The molecule has 0 aliphatic carbocycles. The Balaban J connectivity index is 2.14. The highest BCUT2D eigenvalue weighted by atomic mass is 15.7. The van der Waals surface area contributed by atoms with Crippen LogP contribution in [0.4, 0.5) is 5.82 Å². The van der Waals surface area contributed by atoms with Crippen LogP contribution in [0.3, 0.4) is 0 Å². The third-order valence-electron chi connectivity index (χ3n) is 1.31. The summed E-state index contributed by atoms with van der Waals surface area (Å²) in [6, 6.07) is 3.37. The molecule has 7 nitrogen and oxygen atoms in total. The molecule has 2 N–H and O–H groups in total. The lowest BCUT2D eigenvalue weighted by Gasteiger charge is -1.87. The van der Waals surface area contributed by atoms with Gasteiger partial charge in [0.1, 0.15) is 5.82 Å². The predicted molar refractivity (Wildman–Crippen MR) is 44.5 cm³/mol. The molecule has 2 aromatic rings. The van der Waals surface area contributed by atoms with Gasteiger partial charge in [-0.05, 0) is 16.5 Å². The molecule has 2 rings (SSSR count). The summed E-state index contributed by atoms with van der Waals surface area (Å²) in [7, 11) is 0. The number of rotatable bonds is 2. The number of nitrogens with zero attached hydrogens (tertiary/aromatic N) is 6. The molecule has 0 aliphatic rings. The van der Waals surface area contributed by atoms with Gasteiger partial charge in [-0.25, -0.2) is 0 Å². The minimum atomic E-state index is 0.402. The minimum Gasteiger partial charge on any atom is -0.382 e. The van der Waals surface area contributed by atoms with E-state index >= 15 is 0 Å². The van der Waals surface area contributed by atoms with E-state index < -0.39 is 0 Å². The zero-order valence-electron chi connectivity index (χ0n) is 6.65. The highest BCUT2D eigenvalue weighted by Gasteiger charge is 1.90. The summed E-state index contributed by atoms with van der Waals surface area (Å²) in [4.78, 5) is 2.58. The highest BCUT2D eigenvalue weighted by Crippen LogP contribution is 1.95. The molecule has 0 amide bonds. The third-order valence-corrected chi connectivity index (χ3v) is 1.31. The average Bonchev–Trinajstić information content (AvgIpc) is 2.71. The van der Waals surface area contributed by atoms with Crippen molar-refractivity contribution in [2.24, 2.45) is 10.4 Å². The second-order valence-corrected chi connectivity index (χ2v) is 2.27. The summed E-state index contributed by atoms with van der Waals surface area (Å²) < 4.78 is 0. The van der Waals surface area contributed by atoms with Crippen LogP contribution in [0, 0.1) is 0 Å². The van der Waals surface area contributed by atoms with Crippen molar-refractivity contribution in [1.29, 1.82) is 0 Å². The fourth-order valence-corrected chi connectivity index (χ4v) is 0.773. The van der Waals surface area contributed by atoms with Gasteiger partial charge in [-0.2, -0.15) is 5.10 Å². The molecule has 2 aromatic heterocycles. The molecule has 0 saturated carbocycles. The van der Waals surface area contributed by atoms with Crippen molar-refractivity contribution in [3.63, 3.8) is 0 Å². The minimum absolute atomic E-state index is 0.402. The molecule has 7 heteroatoms. The molecule has 13 heavy (non-hydrogen) atoms. The van der Waals surface area contributed by atoms with Crippen molar-refractivity contribution >= 4 is 5.82 Å². The smallest absolute Gasteiger partial charge is 0.147 e. The van der Waals surface area contributed by atoms with Gasteiger partial charge in [0.05, 0.1) is 18.6 Å². The molecule has 0 aliphatic heterocycles. The molecule has 0 radical (unpaired) electrons. The Hall–Kier alpha value is -2.18. The molecule has 2 heterocycles. The van der Waals surface area contributed by atoms with Crippen molar-refractivity contribution in [2.75, 3.05) is 5.73 Å². The zero-order valence-corrected chi connectivity index (χ0v) is 6.65. The summed E-state index contributed by atoms with van der Waals surface area (Å²) in [6.45, 7) is 0. The molecular formula is C6H7N7. The number of aromatic nitrogens is 4. The van der Waals surface area contributed by atoms with Crippen molar-refractivity contribution in [3.8, 4) is 0 Å². The molecule has 0 atom stereocenters. The second-order valence-electron chi connectivity index (χ2n) is 2.27. The Morgan fingerprint density at radius 2 is 2.08 bits per heavy atom. The van der Waals surface area contributed by atoms with E-state index in [0.717, 1.165) is 0 Å². The zero-order chi connectivity index (χ0) is 9.10. The molecule has 0 saturated heterocycles. The normalized spacial score (nSPS) is 11.1. The van der Waals surface area contributed by atoms with Gasteiger partial charge in [-0.1, -0.05) is 0 Å². The van der Waals surface area contributed by atoms with Gasteiger partial charge in [0.15, 0.2) is 0 Å². The number of hydrogen-bond donors (Lipinski definition) is 1. The Morgan fingerprint density at radius 1 is 1.23 bits per heavy atom. The first-order valence-electron chi connectivity index (χ1n) is 3.58. The lowest BCUT2D eigenvalue weighted by Crippen LogP contribution is -1.93. The van der Waals surface area contributed by atoms with E-state index in [-0.39, 0.29) is 0 Å². The van der Waals surface area contributed by atoms with Crippen LogP contribution in [0.15, 0.2) is 41.2 Å².